The Bertz CT molecular complexity index is 391. The lowest BCUT2D eigenvalue weighted by Gasteiger charge is -2.24. The van der Waals surface area contributed by atoms with E-state index < -0.39 is 0 Å². The monoisotopic (exact) mass is 257 g/mol. The molecule has 2 N–H and O–H groups in total. The minimum absolute atomic E-state index is 0.127. The zero-order valence-corrected chi connectivity index (χ0v) is 11.6. The van der Waals surface area contributed by atoms with Crippen molar-refractivity contribution in [3.8, 4) is 5.75 Å². The van der Waals surface area contributed by atoms with Gasteiger partial charge in [0.1, 0.15) is 5.75 Å². The van der Waals surface area contributed by atoms with Crippen LogP contribution in [0.2, 0.25) is 5.02 Å². The third-order valence-corrected chi connectivity index (χ3v) is 2.85. The number of anilines is 1. The van der Waals surface area contributed by atoms with Crippen LogP contribution in [-0.2, 0) is 0 Å². The second kappa shape index (κ2) is 5.61. The van der Waals surface area contributed by atoms with Crippen molar-refractivity contribution < 1.29 is 9.84 Å². The number of aliphatic hydroxyl groups excluding tert-OH is 1. The van der Waals surface area contributed by atoms with Crippen LogP contribution < -0.4 is 10.1 Å². The first kappa shape index (κ1) is 14.1. The summed E-state index contributed by atoms with van der Waals surface area (Å²) in [7, 11) is 1.64. The Balaban J connectivity index is 2.90. The van der Waals surface area contributed by atoms with Crippen LogP contribution in [0.5, 0.6) is 5.75 Å². The summed E-state index contributed by atoms with van der Waals surface area (Å²) in [4.78, 5) is 0. The standard InChI is InChI=1S/C13H20ClNO2/c1-9-5-10(14)6-11(12(9)17-4)15-7-13(2,3)8-16/h5-6,15-16H,7-8H2,1-4H3. The van der Waals surface area contributed by atoms with Crippen LogP contribution >= 0.6 is 11.6 Å². The molecule has 0 aliphatic carbocycles. The average molecular weight is 258 g/mol. The molecule has 1 rings (SSSR count). The first-order valence-corrected chi connectivity index (χ1v) is 5.96. The molecule has 1 aromatic rings. The SMILES string of the molecule is COc1c(C)cc(Cl)cc1NCC(C)(C)CO. The molecule has 0 spiro atoms. The number of aryl methyl sites for hydroxylation is 1. The van der Waals surface area contributed by atoms with Crippen LogP contribution in [0.4, 0.5) is 5.69 Å². The Morgan fingerprint density at radius 3 is 2.59 bits per heavy atom. The van der Waals surface area contributed by atoms with Gasteiger partial charge in [-0.15, -0.1) is 0 Å². The van der Waals surface area contributed by atoms with E-state index >= 15 is 0 Å². The van der Waals surface area contributed by atoms with Gasteiger partial charge in [-0.25, -0.2) is 0 Å². The number of hydrogen-bond donors (Lipinski definition) is 2. The van der Waals surface area contributed by atoms with Gasteiger partial charge in [0.2, 0.25) is 0 Å². The van der Waals surface area contributed by atoms with E-state index in [1.54, 1.807) is 7.11 Å². The lowest BCUT2D eigenvalue weighted by molar-refractivity contribution is 0.170. The molecule has 0 unspecified atom stereocenters. The summed E-state index contributed by atoms with van der Waals surface area (Å²) in [5.74, 6) is 0.795. The van der Waals surface area contributed by atoms with E-state index in [1.807, 2.05) is 32.9 Å². The predicted molar refractivity (Wildman–Crippen MR) is 72.1 cm³/mol. The summed E-state index contributed by atoms with van der Waals surface area (Å²) in [6.07, 6.45) is 0. The van der Waals surface area contributed by atoms with Gasteiger partial charge in [-0.1, -0.05) is 25.4 Å². The smallest absolute Gasteiger partial charge is 0.144 e. The van der Waals surface area contributed by atoms with Gasteiger partial charge in [0, 0.05) is 23.6 Å². The molecule has 0 aromatic heterocycles. The van der Waals surface area contributed by atoms with Crippen molar-refractivity contribution in [1.82, 2.24) is 0 Å². The average Bonchev–Trinajstić information content (AvgIpc) is 2.26. The molecule has 0 saturated heterocycles. The second-order valence-electron chi connectivity index (χ2n) is 4.98. The Morgan fingerprint density at radius 2 is 2.06 bits per heavy atom. The normalized spacial score (nSPS) is 11.4. The Morgan fingerprint density at radius 1 is 1.41 bits per heavy atom. The molecule has 4 heteroatoms. The van der Waals surface area contributed by atoms with Crippen molar-refractivity contribution >= 4 is 17.3 Å². The van der Waals surface area contributed by atoms with E-state index in [9.17, 15) is 5.11 Å². The predicted octanol–water partition coefficient (Wildman–Crippen LogP) is 3.09. The largest absolute Gasteiger partial charge is 0.494 e. The fourth-order valence-electron chi connectivity index (χ4n) is 1.52. The number of ether oxygens (including phenoxy) is 1. The van der Waals surface area contributed by atoms with Crippen molar-refractivity contribution in [2.75, 3.05) is 25.6 Å². The molecule has 0 saturated carbocycles. The molecule has 0 amide bonds. The van der Waals surface area contributed by atoms with Crippen molar-refractivity contribution in [1.29, 1.82) is 0 Å². The van der Waals surface area contributed by atoms with E-state index in [4.69, 9.17) is 16.3 Å². The third-order valence-electron chi connectivity index (χ3n) is 2.63. The topological polar surface area (TPSA) is 41.5 Å². The van der Waals surface area contributed by atoms with Crippen LogP contribution in [0, 0.1) is 12.3 Å². The molecule has 0 aliphatic rings. The molecule has 0 bridgehead atoms. The zero-order chi connectivity index (χ0) is 13.1. The number of nitrogens with one attached hydrogen (secondary N) is 1. The highest BCUT2D eigenvalue weighted by atomic mass is 35.5. The lowest BCUT2D eigenvalue weighted by Crippen LogP contribution is -2.27. The van der Waals surface area contributed by atoms with Gasteiger partial charge in [-0.3, -0.25) is 0 Å². The molecule has 0 aliphatic heterocycles. The van der Waals surface area contributed by atoms with E-state index in [0.29, 0.717) is 11.6 Å². The van der Waals surface area contributed by atoms with Crippen LogP contribution in [0.3, 0.4) is 0 Å². The number of aliphatic hydroxyl groups is 1. The molecule has 0 heterocycles. The van der Waals surface area contributed by atoms with Crippen LogP contribution in [-0.4, -0.2) is 25.4 Å². The van der Waals surface area contributed by atoms with Gasteiger partial charge in [-0.05, 0) is 24.6 Å². The summed E-state index contributed by atoms with van der Waals surface area (Å²) >= 11 is 6.02. The highest BCUT2D eigenvalue weighted by molar-refractivity contribution is 6.31. The highest BCUT2D eigenvalue weighted by Crippen LogP contribution is 2.32. The number of hydrogen-bond acceptors (Lipinski definition) is 3. The lowest BCUT2D eigenvalue weighted by atomic mass is 9.95. The van der Waals surface area contributed by atoms with E-state index in [1.165, 1.54) is 0 Å². The minimum Gasteiger partial charge on any atom is -0.494 e. The maximum absolute atomic E-state index is 9.21. The van der Waals surface area contributed by atoms with Crippen molar-refractivity contribution in [2.24, 2.45) is 5.41 Å². The van der Waals surface area contributed by atoms with E-state index in [0.717, 1.165) is 17.0 Å². The molecule has 0 fully saturated rings. The molecule has 17 heavy (non-hydrogen) atoms. The number of rotatable bonds is 5. The maximum atomic E-state index is 9.21. The summed E-state index contributed by atoms with van der Waals surface area (Å²) < 4.78 is 5.35. The van der Waals surface area contributed by atoms with E-state index in [2.05, 4.69) is 5.32 Å². The van der Waals surface area contributed by atoms with E-state index in [-0.39, 0.29) is 12.0 Å². The third kappa shape index (κ3) is 3.79. The van der Waals surface area contributed by atoms with Gasteiger partial charge in [0.15, 0.2) is 0 Å². The molecule has 1 aromatic carbocycles. The van der Waals surface area contributed by atoms with Crippen molar-refractivity contribution in [3.05, 3.63) is 22.7 Å². The summed E-state index contributed by atoms with van der Waals surface area (Å²) in [6.45, 7) is 6.71. The van der Waals surface area contributed by atoms with Gasteiger partial charge < -0.3 is 15.2 Å². The molecule has 0 radical (unpaired) electrons. The fourth-order valence-corrected chi connectivity index (χ4v) is 1.80. The molecule has 0 atom stereocenters. The van der Waals surface area contributed by atoms with Crippen LogP contribution in [0.1, 0.15) is 19.4 Å². The summed E-state index contributed by atoms with van der Waals surface area (Å²) in [5.41, 5.74) is 1.67. The van der Waals surface area contributed by atoms with Gasteiger partial charge >= 0.3 is 0 Å². The van der Waals surface area contributed by atoms with Gasteiger partial charge in [0.25, 0.3) is 0 Å². The van der Waals surface area contributed by atoms with Crippen LogP contribution in [0.15, 0.2) is 12.1 Å². The van der Waals surface area contributed by atoms with Crippen LogP contribution in [0.25, 0.3) is 0 Å². The molecular weight excluding hydrogens is 238 g/mol. The number of halogens is 1. The molecule has 96 valence electrons. The molecule has 3 nitrogen and oxygen atoms in total. The summed E-state index contributed by atoms with van der Waals surface area (Å²) in [5, 5.41) is 13.2. The maximum Gasteiger partial charge on any atom is 0.144 e. The summed E-state index contributed by atoms with van der Waals surface area (Å²) in [6, 6.07) is 3.70. The first-order chi connectivity index (χ1) is 7.89. The minimum atomic E-state index is -0.179. The Hall–Kier alpha value is -0.930. The van der Waals surface area contributed by atoms with Crippen molar-refractivity contribution in [2.45, 2.75) is 20.8 Å². The quantitative estimate of drug-likeness (QED) is 0.852. The molecular formula is C13H20ClNO2. The van der Waals surface area contributed by atoms with Crippen molar-refractivity contribution in [3.63, 3.8) is 0 Å². The Labute approximate surface area is 108 Å². The Kier molecular flexibility index (Phi) is 4.66. The zero-order valence-electron chi connectivity index (χ0n) is 10.8. The fraction of sp³-hybridized carbons (Fsp3) is 0.538. The highest BCUT2D eigenvalue weighted by Gasteiger charge is 2.17. The first-order valence-electron chi connectivity index (χ1n) is 5.58. The number of benzene rings is 1. The van der Waals surface area contributed by atoms with Gasteiger partial charge in [0.05, 0.1) is 12.8 Å². The number of methoxy groups -OCH3 is 1. The van der Waals surface area contributed by atoms with Gasteiger partial charge in [-0.2, -0.15) is 0 Å². The second-order valence-corrected chi connectivity index (χ2v) is 5.42.